The van der Waals surface area contributed by atoms with Crippen molar-refractivity contribution >= 4 is 22.0 Å². The second-order valence-corrected chi connectivity index (χ2v) is 6.89. The molecule has 8 heteroatoms. The van der Waals surface area contributed by atoms with Crippen molar-refractivity contribution in [3.05, 3.63) is 28.8 Å². The molecule has 0 aliphatic carbocycles. The molecule has 0 aliphatic heterocycles. The van der Waals surface area contributed by atoms with Crippen molar-refractivity contribution < 1.29 is 27.9 Å². The van der Waals surface area contributed by atoms with Crippen LogP contribution in [0.2, 0.25) is 0 Å². The van der Waals surface area contributed by atoms with E-state index in [4.69, 9.17) is 5.11 Å². The molecule has 1 aromatic rings. The van der Waals surface area contributed by atoms with Crippen molar-refractivity contribution in [2.24, 2.45) is 0 Å². The number of aryl methyl sites for hydroxylation is 1. The lowest BCUT2D eigenvalue weighted by atomic mass is 10.1. The molecule has 0 saturated carbocycles. The molecule has 1 unspecified atom stereocenters. The Morgan fingerprint density at radius 2 is 1.91 bits per heavy atom. The van der Waals surface area contributed by atoms with Gasteiger partial charge < -0.3 is 9.84 Å². The molecule has 7 nitrogen and oxygen atoms in total. The number of hydrogen-bond acceptors (Lipinski definition) is 5. The monoisotopic (exact) mass is 343 g/mol. The van der Waals surface area contributed by atoms with E-state index >= 15 is 0 Å². The van der Waals surface area contributed by atoms with Crippen LogP contribution < -0.4 is 4.72 Å². The molecule has 0 aliphatic rings. The van der Waals surface area contributed by atoms with E-state index in [9.17, 15) is 18.0 Å². The van der Waals surface area contributed by atoms with Crippen molar-refractivity contribution in [1.29, 1.82) is 0 Å². The molecule has 1 aromatic carbocycles. The van der Waals surface area contributed by atoms with Gasteiger partial charge in [-0.15, -0.1) is 0 Å². The average molecular weight is 343 g/mol. The van der Waals surface area contributed by atoms with Gasteiger partial charge in [-0.05, 0) is 43.5 Å². The highest BCUT2D eigenvalue weighted by molar-refractivity contribution is 7.89. The highest BCUT2D eigenvalue weighted by Gasteiger charge is 2.27. The van der Waals surface area contributed by atoms with Crippen molar-refractivity contribution in [3.8, 4) is 0 Å². The number of carboxylic acid groups (broad SMARTS) is 1. The Morgan fingerprint density at radius 1 is 1.30 bits per heavy atom. The van der Waals surface area contributed by atoms with Crippen molar-refractivity contribution in [3.63, 3.8) is 0 Å². The minimum Gasteiger partial charge on any atom is -0.480 e. The summed E-state index contributed by atoms with van der Waals surface area (Å²) >= 11 is 0. The lowest BCUT2D eigenvalue weighted by Crippen LogP contribution is -2.40. The Labute approximate surface area is 135 Å². The van der Waals surface area contributed by atoms with Crippen LogP contribution in [0.15, 0.2) is 17.0 Å². The summed E-state index contributed by atoms with van der Waals surface area (Å²) in [5.74, 6) is -1.90. The second-order valence-electron chi connectivity index (χ2n) is 5.21. The van der Waals surface area contributed by atoms with Crippen molar-refractivity contribution in [1.82, 2.24) is 4.72 Å². The molecule has 0 aromatic heterocycles. The number of benzene rings is 1. The number of methoxy groups -OCH3 is 1. The van der Waals surface area contributed by atoms with Crippen LogP contribution in [0.3, 0.4) is 0 Å². The molecule has 128 valence electrons. The topological polar surface area (TPSA) is 110 Å². The van der Waals surface area contributed by atoms with Crippen LogP contribution in [0.4, 0.5) is 0 Å². The fourth-order valence-electron chi connectivity index (χ4n) is 2.11. The zero-order valence-corrected chi connectivity index (χ0v) is 14.4. The first-order chi connectivity index (χ1) is 10.6. The number of aliphatic carboxylic acids is 1. The molecule has 0 amide bonds. The third kappa shape index (κ3) is 4.52. The highest BCUT2D eigenvalue weighted by atomic mass is 32.2. The first-order valence-electron chi connectivity index (χ1n) is 7.08. The fraction of sp³-hybridized carbons (Fsp3) is 0.467. The van der Waals surface area contributed by atoms with Gasteiger partial charge in [-0.1, -0.05) is 13.3 Å². The van der Waals surface area contributed by atoms with Crippen LogP contribution in [0, 0.1) is 13.8 Å². The third-order valence-electron chi connectivity index (χ3n) is 3.50. The van der Waals surface area contributed by atoms with Crippen LogP contribution in [0.25, 0.3) is 0 Å². The molecule has 0 saturated heterocycles. The van der Waals surface area contributed by atoms with Crippen LogP contribution in [0.1, 0.15) is 41.3 Å². The number of esters is 1. The molecular weight excluding hydrogens is 322 g/mol. The lowest BCUT2D eigenvalue weighted by molar-refractivity contribution is -0.139. The van der Waals surface area contributed by atoms with E-state index in [1.165, 1.54) is 19.2 Å². The van der Waals surface area contributed by atoms with Crippen LogP contribution in [-0.4, -0.2) is 38.6 Å². The summed E-state index contributed by atoms with van der Waals surface area (Å²) in [4.78, 5) is 22.7. The largest absolute Gasteiger partial charge is 0.480 e. The summed E-state index contributed by atoms with van der Waals surface area (Å²) in [6.45, 7) is 5.03. The Hall–Kier alpha value is -1.93. The van der Waals surface area contributed by atoms with Crippen LogP contribution >= 0.6 is 0 Å². The molecule has 23 heavy (non-hydrogen) atoms. The van der Waals surface area contributed by atoms with Gasteiger partial charge in [0.25, 0.3) is 0 Å². The minimum atomic E-state index is -4.08. The number of hydrogen-bond donors (Lipinski definition) is 2. The second kappa shape index (κ2) is 7.56. The molecular formula is C15H21NO6S. The smallest absolute Gasteiger partial charge is 0.337 e. The normalized spacial score (nSPS) is 12.7. The van der Waals surface area contributed by atoms with E-state index in [1.807, 2.05) is 0 Å². The Balaban J connectivity index is 3.34. The molecule has 1 rings (SSSR count). The first-order valence-corrected chi connectivity index (χ1v) is 8.57. The zero-order valence-electron chi connectivity index (χ0n) is 13.5. The van der Waals surface area contributed by atoms with Gasteiger partial charge in [0.1, 0.15) is 6.04 Å². The van der Waals surface area contributed by atoms with Crippen LogP contribution in [-0.2, 0) is 19.6 Å². The average Bonchev–Trinajstić information content (AvgIpc) is 2.48. The number of sulfonamides is 1. The summed E-state index contributed by atoms with van der Waals surface area (Å²) in [5, 5.41) is 9.12. The van der Waals surface area contributed by atoms with E-state index in [0.717, 1.165) is 0 Å². The summed E-state index contributed by atoms with van der Waals surface area (Å²) in [5.41, 5.74) is 1.14. The maximum atomic E-state index is 12.5. The van der Waals surface area contributed by atoms with Gasteiger partial charge in [0.05, 0.1) is 17.6 Å². The molecule has 0 spiro atoms. The standard InChI is InChI=1S/C15H21NO6S/c1-5-6-12(14(17)18)16-23(20,21)13-8-11(15(19)22-4)7-9(2)10(13)3/h7-8,12,16H,5-6H2,1-4H3,(H,17,18). The van der Waals surface area contributed by atoms with E-state index in [0.29, 0.717) is 17.5 Å². The summed E-state index contributed by atoms with van der Waals surface area (Å²) in [6, 6.07) is 1.51. The third-order valence-corrected chi connectivity index (χ3v) is 5.10. The van der Waals surface area contributed by atoms with Crippen LogP contribution in [0.5, 0.6) is 0 Å². The molecule has 0 radical (unpaired) electrons. The van der Waals surface area contributed by atoms with Crippen molar-refractivity contribution in [2.75, 3.05) is 7.11 Å². The van der Waals surface area contributed by atoms with Gasteiger partial charge in [0.15, 0.2) is 0 Å². The van der Waals surface area contributed by atoms with Gasteiger partial charge in [-0.2, -0.15) is 4.72 Å². The number of carbonyl (C=O) groups is 2. The number of ether oxygens (including phenoxy) is 1. The van der Waals surface area contributed by atoms with E-state index in [1.54, 1.807) is 20.8 Å². The number of carboxylic acids is 1. The number of nitrogens with one attached hydrogen (secondary N) is 1. The minimum absolute atomic E-state index is 0.0957. The maximum absolute atomic E-state index is 12.5. The Bertz CT molecular complexity index is 711. The van der Waals surface area contributed by atoms with E-state index < -0.39 is 28.0 Å². The number of carbonyl (C=O) groups excluding carboxylic acids is 1. The lowest BCUT2D eigenvalue weighted by Gasteiger charge is -2.17. The highest BCUT2D eigenvalue weighted by Crippen LogP contribution is 2.22. The molecule has 0 fully saturated rings. The Morgan fingerprint density at radius 3 is 2.39 bits per heavy atom. The SMILES string of the molecule is CCCC(NS(=O)(=O)c1cc(C(=O)OC)cc(C)c1C)C(=O)O. The van der Waals surface area contributed by atoms with Gasteiger partial charge in [-0.3, -0.25) is 4.79 Å². The van der Waals surface area contributed by atoms with Gasteiger partial charge >= 0.3 is 11.9 Å². The summed E-state index contributed by atoms with van der Waals surface area (Å²) < 4.78 is 31.9. The molecule has 1 atom stereocenters. The quantitative estimate of drug-likeness (QED) is 0.728. The first kappa shape index (κ1) is 19.1. The van der Waals surface area contributed by atoms with Crippen molar-refractivity contribution in [2.45, 2.75) is 44.6 Å². The van der Waals surface area contributed by atoms with E-state index in [2.05, 4.69) is 9.46 Å². The Kier molecular flexibility index (Phi) is 6.28. The molecule has 2 N–H and O–H groups in total. The number of rotatable bonds is 7. The summed E-state index contributed by atoms with van der Waals surface area (Å²) in [7, 11) is -2.88. The molecule has 0 heterocycles. The van der Waals surface area contributed by atoms with Gasteiger partial charge in [0, 0.05) is 0 Å². The van der Waals surface area contributed by atoms with Gasteiger partial charge in [0.2, 0.25) is 10.0 Å². The predicted molar refractivity (Wildman–Crippen MR) is 83.9 cm³/mol. The van der Waals surface area contributed by atoms with E-state index in [-0.39, 0.29) is 16.9 Å². The zero-order chi connectivity index (χ0) is 17.8. The maximum Gasteiger partial charge on any atom is 0.337 e. The fourth-order valence-corrected chi connectivity index (χ4v) is 3.68. The molecule has 0 bridgehead atoms. The summed E-state index contributed by atoms with van der Waals surface area (Å²) in [6.07, 6.45) is 0.684. The predicted octanol–water partition coefficient (Wildman–Crippen LogP) is 1.62. The van der Waals surface area contributed by atoms with Gasteiger partial charge in [-0.25, -0.2) is 13.2 Å².